The number of carbonyl (C=O) groups is 2. The fourth-order valence-electron chi connectivity index (χ4n) is 2.77. The summed E-state index contributed by atoms with van der Waals surface area (Å²) < 4.78 is 1.55. The normalized spacial score (nSPS) is 18.2. The van der Waals surface area contributed by atoms with Crippen LogP contribution in [0, 0.1) is 0 Å². The van der Waals surface area contributed by atoms with Crippen LogP contribution < -0.4 is 11.0 Å². The summed E-state index contributed by atoms with van der Waals surface area (Å²) in [6.07, 6.45) is 0. The van der Waals surface area contributed by atoms with Gasteiger partial charge in [-0.1, -0.05) is 35.7 Å². The minimum Gasteiger partial charge on any atom is -0.289 e. The number of para-hydroxylation sites is 1. The summed E-state index contributed by atoms with van der Waals surface area (Å²) in [4.78, 5) is 42.9. The lowest BCUT2D eigenvalue weighted by atomic mass is 10.2. The van der Waals surface area contributed by atoms with Gasteiger partial charge in [0, 0.05) is 13.1 Å². The molecular formula is C18H21N5O3S2. The number of nitrogens with one attached hydrogen (secondary N) is 1. The Balaban J connectivity index is 1.70. The van der Waals surface area contributed by atoms with Crippen LogP contribution in [-0.2, 0) is 16.1 Å². The number of carbonyl (C=O) groups excluding carboxylic acids is 2. The summed E-state index contributed by atoms with van der Waals surface area (Å²) in [7, 11) is 0. The molecule has 28 heavy (non-hydrogen) atoms. The summed E-state index contributed by atoms with van der Waals surface area (Å²) in [6.45, 7) is 6.50. The van der Waals surface area contributed by atoms with Gasteiger partial charge in [0.05, 0.1) is 21.9 Å². The number of benzene rings is 1. The van der Waals surface area contributed by atoms with Crippen molar-refractivity contribution in [3.8, 4) is 0 Å². The van der Waals surface area contributed by atoms with Gasteiger partial charge in [-0.2, -0.15) is 0 Å². The zero-order valence-corrected chi connectivity index (χ0v) is 17.5. The molecule has 10 heteroatoms. The van der Waals surface area contributed by atoms with Crippen LogP contribution >= 0.6 is 23.5 Å². The third-order valence-corrected chi connectivity index (χ3v) is 6.25. The number of amidine groups is 1. The number of amides is 2. The Kier molecular flexibility index (Phi) is 6.40. The van der Waals surface area contributed by atoms with Crippen LogP contribution in [0.1, 0.15) is 20.8 Å². The van der Waals surface area contributed by atoms with Crippen molar-refractivity contribution in [2.45, 2.75) is 37.7 Å². The molecule has 2 amide bonds. The Morgan fingerprint density at radius 1 is 1.29 bits per heavy atom. The van der Waals surface area contributed by atoms with E-state index in [0.717, 1.165) is 0 Å². The van der Waals surface area contributed by atoms with Gasteiger partial charge in [-0.05, 0) is 32.9 Å². The molecule has 1 aromatic carbocycles. The average molecular weight is 420 g/mol. The Labute approximate surface area is 170 Å². The minimum atomic E-state index is -0.328. The van der Waals surface area contributed by atoms with Crippen molar-refractivity contribution in [2.75, 3.05) is 12.3 Å². The van der Waals surface area contributed by atoms with Crippen LogP contribution in [-0.4, -0.2) is 49.0 Å². The molecule has 1 unspecified atom stereocenters. The highest BCUT2D eigenvalue weighted by atomic mass is 32.2. The maximum atomic E-state index is 12.6. The Bertz CT molecular complexity index is 1000. The molecule has 1 atom stereocenters. The van der Waals surface area contributed by atoms with Crippen molar-refractivity contribution in [1.29, 1.82) is 0 Å². The first-order chi connectivity index (χ1) is 13.5. The second-order valence-electron chi connectivity index (χ2n) is 6.02. The van der Waals surface area contributed by atoms with Crippen molar-refractivity contribution >= 4 is 51.4 Å². The topological polar surface area (TPSA) is 96.7 Å². The molecule has 1 aromatic heterocycles. The van der Waals surface area contributed by atoms with E-state index in [0.29, 0.717) is 34.3 Å². The molecule has 1 saturated heterocycles. The van der Waals surface area contributed by atoms with E-state index < -0.39 is 0 Å². The predicted octanol–water partition coefficient (Wildman–Crippen LogP) is 1.88. The second kappa shape index (κ2) is 8.78. The minimum absolute atomic E-state index is 0.0119. The van der Waals surface area contributed by atoms with Gasteiger partial charge in [0.1, 0.15) is 0 Å². The average Bonchev–Trinajstić information content (AvgIpc) is 2.98. The van der Waals surface area contributed by atoms with Crippen molar-refractivity contribution in [2.24, 2.45) is 5.10 Å². The number of fused-ring (bicyclic) bond motifs is 1. The Morgan fingerprint density at radius 2 is 2.04 bits per heavy atom. The van der Waals surface area contributed by atoms with Crippen molar-refractivity contribution in [3.05, 3.63) is 34.6 Å². The Morgan fingerprint density at radius 3 is 2.75 bits per heavy atom. The first-order valence-electron chi connectivity index (χ1n) is 8.93. The molecule has 1 aliphatic rings. The smallest absolute Gasteiger partial charge is 0.262 e. The number of hydrogen-bond donors (Lipinski definition) is 1. The standard InChI is InChI=1S/C18H21N5O3S2/c1-4-22-15(25)11(3)28-18(22)21-20-14(24)10-27-17-19-13-9-7-6-8-12(13)16(26)23(17)5-2/h6-9,11H,4-5,10H2,1-3H3,(H,20,24)/b21-18-. The maximum absolute atomic E-state index is 12.6. The lowest BCUT2D eigenvalue weighted by Gasteiger charge is -2.13. The van der Waals surface area contributed by atoms with Gasteiger partial charge in [0.2, 0.25) is 5.91 Å². The van der Waals surface area contributed by atoms with Crippen LogP contribution in [0.25, 0.3) is 10.9 Å². The molecule has 2 heterocycles. The van der Waals surface area contributed by atoms with Crippen LogP contribution in [0.5, 0.6) is 0 Å². The van der Waals surface area contributed by atoms with E-state index in [1.807, 2.05) is 26.8 Å². The first kappa shape index (κ1) is 20.4. The highest BCUT2D eigenvalue weighted by Crippen LogP contribution is 2.26. The molecule has 0 aliphatic carbocycles. The van der Waals surface area contributed by atoms with Crippen LogP contribution in [0.4, 0.5) is 0 Å². The van der Waals surface area contributed by atoms with E-state index in [2.05, 4.69) is 15.5 Å². The number of nitrogens with zero attached hydrogens (tertiary/aromatic N) is 4. The quantitative estimate of drug-likeness (QED) is 0.436. The molecule has 8 nitrogen and oxygen atoms in total. The van der Waals surface area contributed by atoms with Crippen molar-refractivity contribution in [3.63, 3.8) is 0 Å². The lowest BCUT2D eigenvalue weighted by molar-refractivity contribution is -0.126. The monoisotopic (exact) mass is 419 g/mol. The van der Waals surface area contributed by atoms with E-state index >= 15 is 0 Å². The van der Waals surface area contributed by atoms with Crippen LogP contribution in [0.2, 0.25) is 0 Å². The van der Waals surface area contributed by atoms with E-state index in [-0.39, 0.29) is 28.4 Å². The fourth-order valence-corrected chi connectivity index (χ4v) is 4.62. The third kappa shape index (κ3) is 4.07. The van der Waals surface area contributed by atoms with Crippen LogP contribution in [0.3, 0.4) is 0 Å². The van der Waals surface area contributed by atoms with E-state index in [4.69, 9.17) is 0 Å². The molecule has 0 saturated carbocycles. The summed E-state index contributed by atoms with van der Waals surface area (Å²) >= 11 is 2.50. The summed E-state index contributed by atoms with van der Waals surface area (Å²) in [5.74, 6) is -0.282. The summed E-state index contributed by atoms with van der Waals surface area (Å²) in [5.41, 5.74) is 2.97. The predicted molar refractivity (Wildman–Crippen MR) is 112 cm³/mol. The van der Waals surface area contributed by atoms with Gasteiger partial charge in [0.25, 0.3) is 11.5 Å². The maximum Gasteiger partial charge on any atom is 0.262 e. The molecule has 0 spiro atoms. The molecule has 1 N–H and O–H groups in total. The molecule has 148 valence electrons. The summed E-state index contributed by atoms with van der Waals surface area (Å²) in [5, 5.41) is 5.42. The van der Waals surface area contributed by atoms with Gasteiger partial charge in [-0.15, -0.1) is 5.10 Å². The van der Waals surface area contributed by atoms with Gasteiger partial charge in [-0.3, -0.25) is 23.9 Å². The lowest BCUT2D eigenvalue weighted by Crippen LogP contribution is -2.33. The van der Waals surface area contributed by atoms with E-state index in [9.17, 15) is 14.4 Å². The first-order valence-corrected chi connectivity index (χ1v) is 10.8. The largest absolute Gasteiger partial charge is 0.289 e. The molecule has 0 bridgehead atoms. The molecule has 2 aromatic rings. The van der Waals surface area contributed by atoms with Gasteiger partial charge >= 0.3 is 0 Å². The number of rotatable bonds is 6. The third-order valence-electron chi connectivity index (χ3n) is 4.19. The molecule has 1 aliphatic heterocycles. The fraction of sp³-hybridized carbons (Fsp3) is 0.389. The van der Waals surface area contributed by atoms with Crippen molar-refractivity contribution in [1.82, 2.24) is 19.9 Å². The molecule has 1 fully saturated rings. The molecule has 0 radical (unpaired) electrons. The number of hydrogen-bond acceptors (Lipinski definition) is 7. The zero-order valence-electron chi connectivity index (χ0n) is 15.8. The Hall–Kier alpha value is -2.33. The second-order valence-corrected chi connectivity index (χ2v) is 8.27. The van der Waals surface area contributed by atoms with Crippen LogP contribution in [0.15, 0.2) is 39.3 Å². The van der Waals surface area contributed by atoms with Gasteiger partial charge in [0.15, 0.2) is 10.3 Å². The summed E-state index contributed by atoms with van der Waals surface area (Å²) in [6, 6.07) is 7.15. The molecule has 3 rings (SSSR count). The highest BCUT2D eigenvalue weighted by Gasteiger charge is 2.34. The number of aromatic nitrogens is 2. The number of thioether (sulfide) groups is 2. The zero-order chi connectivity index (χ0) is 20.3. The van der Waals surface area contributed by atoms with E-state index in [1.54, 1.807) is 27.7 Å². The molecular weight excluding hydrogens is 398 g/mol. The SMILES string of the molecule is CCN1C(=O)C(C)S/C1=N\NC(=O)CSc1nc2ccccc2c(=O)n1CC. The highest BCUT2D eigenvalue weighted by molar-refractivity contribution is 8.15. The van der Waals surface area contributed by atoms with Gasteiger partial charge < -0.3 is 0 Å². The van der Waals surface area contributed by atoms with Gasteiger partial charge in [-0.25, -0.2) is 10.4 Å². The van der Waals surface area contributed by atoms with E-state index in [1.165, 1.54) is 23.5 Å². The van der Waals surface area contributed by atoms with Crippen molar-refractivity contribution < 1.29 is 9.59 Å². The number of hydrazone groups is 1.